The van der Waals surface area contributed by atoms with Gasteiger partial charge in [-0.05, 0) is 0 Å². The number of hydrogen-bond donors (Lipinski definition) is 0. The molecular weight excluding hydrogens is 236 g/mol. The van der Waals surface area contributed by atoms with Crippen LogP contribution in [0.5, 0.6) is 5.75 Å². The van der Waals surface area contributed by atoms with Crippen LogP contribution in [-0.4, -0.2) is 11.8 Å². The van der Waals surface area contributed by atoms with Crippen LogP contribution >= 0.6 is 23.2 Å². The summed E-state index contributed by atoms with van der Waals surface area (Å²) in [6.07, 6.45) is 0. The van der Waals surface area contributed by atoms with Crippen LogP contribution in [0.25, 0.3) is 0 Å². The molecule has 4 nitrogen and oxygen atoms in total. The number of alkyl halides is 1. The Hall–Kier alpha value is -1.07. The molecule has 1 aromatic carbocycles. The lowest BCUT2D eigenvalue weighted by atomic mass is 10.3. The van der Waals surface area contributed by atoms with Crippen molar-refractivity contribution < 1.29 is 14.1 Å². The second-order valence-corrected chi connectivity index (χ2v) is 3.04. The number of nitrogens with zero attached hydrogens (tertiary/aromatic N) is 1. The van der Waals surface area contributed by atoms with E-state index in [-0.39, 0.29) is 21.5 Å². The number of nitro benzene ring substituents is 1. The Morgan fingerprint density at radius 2 is 2.14 bits per heavy atom. The highest BCUT2D eigenvalue weighted by atomic mass is 35.5. The molecule has 0 fully saturated rings. The second-order valence-electron chi connectivity index (χ2n) is 2.25. The van der Waals surface area contributed by atoms with Crippen molar-refractivity contribution in [2.75, 3.05) is 6.86 Å². The monoisotopic (exact) mass is 239 g/mol. The summed E-state index contributed by atoms with van der Waals surface area (Å²) in [6, 6.07) is 2.07. The molecule has 0 saturated carbocycles. The van der Waals surface area contributed by atoms with Crippen molar-refractivity contribution in [1.82, 2.24) is 0 Å². The van der Waals surface area contributed by atoms with Crippen molar-refractivity contribution in [2.45, 2.75) is 0 Å². The molecule has 0 unspecified atom stereocenters. The Balaban J connectivity index is 3.20. The third-order valence-electron chi connectivity index (χ3n) is 1.40. The van der Waals surface area contributed by atoms with Crippen LogP contribution < -0.4 is 4.74 Å². The minimum absolute atomic E-state index is 0.0464. The average molecular weight is 240 g/mol. The molecule has 0 amide bonds. The van der Waals surface area contributed by atoms with E-state index in [2.05, 4.69) is 4.74 Å². The predicted octanol–water partition coefficient (Wildman–Crippen LogP) is 3.21. The summed E-state index contributed by atoms with van der Waals surface area (Å²) in [6.45, 7) is -1.13. The first-order valence-electron chi connectivity index (χ1n) is 3.38. The summed E-state index contributed by atoms with van der Waals surface area (Å²) in [4.78, 5) is 9.70. The summed E-state index contributed by atoms with van der Waals surface area (Å²) in [5, 5.41) is 10.3. The van der Waals surface area contributed by atoms with Gasteiger partial charge in [-0.3, -0.25) is 10.1 Å². The predicted molar refractivity (Wildman–Crippen MR) is 49.7 cm³/mol. The molecule has 7 heteroatoms. The molecule has 1 rings (SSSR count). The topological polar surface area (TPSA) is 52.4 Å². The zero-order valence-corrected chi connectivity index (χ0v) is 8.18. The van der Waals surface area contributed by atoms with Crippen LogP contribution in [0.1, 0.15) is 0 Å². The van der Waals surface area contributed by atoms with Gasteiger partial charge in [0, 0.05) is 6.07 Å². The fourth-order valence-corrected chi connectivity index (χ4v) is 1.19. The molecule has 0 aliphatic rings. The molecule has 1 aromatic rings. The summed E-state index contributed by atoms with van der Waals surface area (Å²) in [5.74, 6) is -0.145. The lowest BCUT2D eigenvalue weighted by molar-refractivity contribution is -0.384. The van der Waals surface area contributed by atoms with Gasteiger partial charge in [0.15, 0.2) is 0 Å². The number of ether oxygens (including phenoxy) is 1. The van der Waals surface area contributed by atoms with Gasteiger partial charge in [0.05, 0.1) is 16.0 Å². The third kappa shape index (κ3) is 2.24. The van der Waals surface area contributed by atoms with Crippen LogP contribution in [0.4, 0.5) is 10.1 Å². The van der Waals surface area contributed by atoms with Crippen LogP contribution in [0, 0.1) is 10.1 Å². The van der Waals surface area contributed by atoms with Crippen molar-refractivity contribution in [2.24, 2.45) is 0 Å². The number of rotatable bonds is 3. The number of non-ortho nitro benzene ring substituents is 1. The standard InChI is InChI=1S/C7H4Cl2FNO3/c8-5-1-4(11(12)13)2-6(7(5)9)14-3-10/h1-2H,3H2. The SMILES string of the molecule is O=[N+]([O-])c1cc(Cl)c(Cl)c(OCF)c1. The van der Waals surface area contributed by atoms with Crippen LogP contribution in [0.2, 0.25) is 10.0 Å². The van der Waals surface area contributed by atoms with Gasteiger partial charge >= 0.3 is 0 Å². The summed E-state index contributed by atoms with van der Waals surface area (Å²) in [7, 11) is 0. The zero-order valence-electron chi connectivity index (χ0n) is 6.67. The van der Waals surface area contributed by atoms with E-state index in [1.807, 2.05) is 0 Å². The van der Waals surface area contributed by atoms with Gasteiger partial charge in [0.2, 0.25) is 6.86 Å². The summed E-state index contributed by atoms with van der Waals surface area (Å²) < 4.78 is 16.3. The Labute approximate surface area is 88.3 Å². The Morgan fingerprint density at radius 1 is 1.50 bits per heavy atom. The third-order valence-corrected chi connectivity index (χ3v) is 2.19. The fourth-order valence-electron chi connectivity index (χ4n) is 0.819. The Kier molecular flexibility index (Phi) is 3.49. The van der Waals surface area contributed by atoms with Gasteiger partial charge < -0.3 is 4.74 Å². The molecule has 14 heavy (non-hydrogen) atoms. The van der Waals surface area contributed by atoms with Gasteiger partial charge in [0.1, 0.15) is 10.8 Å². The van der Waals surface area contributed by atoms with Crippen LogP contribution in [0.15, 0.2) is 12.1 Å². The fraction of sp³-hybridized carbons (Fsp3) is 0.143. The van der Waals surface area contributed by atoms with Crippen molar-refractivity contribution in [3.63, 3.8) is 0 Å². The number of halogens is 3. The Morgan fingerprint density at radius 3 is 2.64 bits per heavy atom. The van der Waals surface area contributed by atoms with E-state index in [1.54, 1.807) is 0 Å². The molecule has 0 N–H and O–H groups in total. The van der Waals surface area contributed by atoms with Gasteiger partial charge in [0.25, 0.3) is 5.69 Å². The second kappa shape index (κ2) is 4.43. The van der Waals surface area contributed by atoms with Crippen molar-refractivity contribution in [1.29, 1.82) is 0 Å². The molecule has 0 atom stereocenters. The highest BCUT2D eigenvalue weighted by molar-refractivity contribution is 6.43. The van der Waals surface area contributed by atoms with Crippen molar-refractivity contribution in [3.8, 4) is 5.75 Å². The molecule has 0 radical (unpaired) electrons. The Bertz CT molecular complexity index is 372. The van der Waals surface area contributed by atoms with E-state index in [0.29, 0.717) is 0 Å². The molecular formula is C7H4Cl2FNO3. The van der Waals surface area contributed by atoms with Gasteiger partial charge in [-0.25, -0.2) is 4.39 Å². The minimum atomic E-state index is -1.13. The largest absolute Gasteiger partial charge is 0.461 e. The summed E-state index contributed by atoms with van der Waals surface area (Å²) >= 11 is 11.2. The van der Waals surface area contributed by atoms with E-state index in [0.717, 1.165) is 12.1 Å². The van der Waals surface area contributed by atoms with E-state index in [1.165, 1.54) is 0 Å². The quantitative estimate of drug-likeness (QED) is 0.602. The van der Waals surface area contributed by atoms with Gasteiger partial charge in [-0.15, -0.1) is 0 Å². The lowest BCUT2D eigenvalue weighted by Crippen LogP contribution is -1.94. The molecule has 0 bridgehead atoms. The highest BCUT2D eigenvalue weighted by Gasteiger charge is 2.15. The van der Waals surface area contributed by atoms with Crippen LogP contribution in [-0.2, 0) is 0 Å². The first kappa shape index (κ1) is 11.0. The van der Waals surface area contributed by atoms with Crippen LogP contribution in [0.3, 0.4) is 0 Å². The highest BCUT2D eigenvalue weighted by Crippen LogP contribution is 2.36. The van der Waals surface area contributed by atoms with Gasteiger partial charge in [-0.1, -0.05) is 23.2 Å². The average Bonchev–Trinajstić information content (AvgIpc) is 2.12. The molecule has 0 spiro atoms. The van der Waals surface area contributed by atoms with E-state index in [9.17, 15) is 14.5 Å². The van der Waals surface area contributed by atoms with Gasteiger partial charge in [-0.2, -0.15) is 0 Å². The first-order chi connectivity index (χ1) is 6.56. The maximum atomic E-state index is 11.8. The first-order valence-corrected chi connectivity index (χ1v) is 4.14. The zero-order chi connectivity index (χ0) is 10.7. The maximum absolute atomic E-state index is 11.8. The molecule has 0 aliphatic heterocycles. The maximum Gasteiger partial charge on any atom is 0.274 e. The van der Waals surface area contributed by atoms with E-state index in [4.69, 9.17) is 23.2 Å². The smallest absolute Gasteiger partial charge is 0.274 e. The lowest BCUT2D eigenvalue weighted by Gasteiger charge is -2.04. The molecule has 0 aromatic heterocycles. The molecule has 0 aliphatic carbocycles. The molecule has 0 saturated heterocycles. The van der Waals surface area contributed by atoms with E-state index < -0.39 is 11.8 Å². The summed E-state index contributed by atoms with van der Waals surface area (Å²) in [5.41, 5.74) is -0.303. The number of hydrogen-bond acceptors (Lipinski definition) is 3. The minimum Gasteiger partial charge on any atom is -0.461 e. The number of benzene rings is 1. The normalized spacial score (nSPS) is 9.93. The number of nitro groups is 1. The van der Waals surface area contributed by atoms with Crippen molar-refractivity contribution >= 4 is 28.9 Å². The van der Waals surface area contributed by atoms with Crippen molar-refractivity contribution in [3.05, 3.63) is 32.3 Å². The van der Waals surface area contributed by atoms with E-state index >= 15 is 0 Å². The molecule has 0 heterocycles. The molecule has 76 valence electrons.